The largest absolute Gasteiger partial charge is 0.477 e. The second-order valence-electron chi connectivity index (χ2n) is 3.32. The molecule has 0 saturated carbocycles. The molecular formula is C10H14O3S2. The smallest absolute Gasteiger partial charge is 0.345 e. The van der Waals surface area contributed by atoms with Crippen LogP contribution in [-0.4, -0.2) is 20.5 Å². The Kier molecular flexibility index (Phi) is 4.47. The van der Waals surface area contributed by atoms with Crippen LogP contribution in [0.4, 0.5) is 0 Å². The average molecular weight is 246 g/mol. The molecule has 0 radical (unpaired) electrons. The summed E-state index contributed by atoms with van der Waals surface area (Å²) in [5.41, 5.74) is 0. The summed E-state index contributed by atoms with van der Waals surface area (Å²) in [5.74, 6) is -0.451. The molecule has 1 N–H and O–H groups in total. The molecule has 0 aliphatic carbocycles. The van der Waals surface area contributed by atoms with Crippen molar-refractivity contribution in [2.45, 2.75) is 31.3 Å². The molecule has 0 amide bonds. The molecule has 1 rings (SSSR count). The van der Waals surface area contributed by atoms with Crippen LogP contribution in [0.1, 0.15) is 34.8 Å². The van der Waals surface area contributed by atoms with Gasteiger partial charge in [0, 0.05) is 20.9 Å². The molecule has 1 aromatic rings. The fraction of sp³-hybridized carbons (Fsp3) is 0.500. The van der Waals surface area contributed by atoms with E-state index in [1.165, 1.54) is 11.3 Å². The van der Waals surface area contributed by atoms with Crippen molar-refractivity contribution in [1.29, 1.82) is 0 Å². The van der Waals surface area contributed by atoms with Gasteiger partial charge in [-0.2, -0.15) is 0 Å². The first kappa shape index (κ1) is 12.4. The predicted molar refractivity (Wildman–Crippen MR) is 62.9 cm³/mol. The second kappa shape index (κ2) is 5.42. The van der Waals surface area contributed by atoms with Crippen molar-refractivity contribution in [3.63, 3.8) is 0 Å². The van der Waals surface area contributed by atoms with Crippen LogP contribution >= 0.6 is 11.3 Å². The molecule has 0 aliphatic heterocycles. The Morgan fingerprint density at radius 2 is 2.27 bits per heavy atom. The number of thiophene rings is 1. The van der Waals surface area contributed by atoms with Crippen LogP contribution in [0.5, 0.6) is 0 Å². The molecule has 1 aromatic heterocycles. The maximum atomic E-state index is 11.7. The summed E-state index contributed by atoms with van der Waals surface area (Å²) < 4.78 is 11.7. The van der Waals surface area contributed by atoms with E-state index < -0.39 is 16.8 Å². The maximum absolute atomic E-state index is 11.7. The summed E-state index contributed by atoms with van der Waals surface area (Å²) in [6.07, 6.45) is 0.879. The molecule has 15 heavy (non-hydrogen) atoms. The van der Waals surface area contributed by atoms with Crippen molar-refractivity contribution in [3.05, 3.63) is 21.9 Å². The van der Waals surface area contributed by atoms with Crippen LogP contribution in [0, 0.1) is 0 Å². The van der Waals surface area contributed by atoms with E-state index in [1.54, 1.807) is 12.1 Å². The zero-order valence-electron chi connectivity index (χ0n) is 8.73. The highest BCUT2D eigenvalue weighted by atomic mass is 32.2. The third-order valence-corrected chi connectivity index (χ3v) is 5.26. The van der Waals surface area contributed by atoms with Crippen LogP contribution in [0.15, 0.2) is 12.1 Å². The maximum Gasteiger partial charge on any atom is 0.345 e. The molecule has 0 aromatic carbocycles. The summed E-state index contributed by atoms with van der Waals surface area (Å²) in [4.78, 5) is 11.8. The summed E-state index contributed by atoms with van der Waals surface area (Å²) in [6.45, 7) is 3.95. The summed E-state index contributed by atoms with van der Waals surface area (Å²) in [6, 6.07) is 3.31. The third-order valence-electron chi connectivity index (χ3n) is 2.18. The van der Waals surface area contributed by atoms with E-state index in [2.05, 4.69) is 0 Å². The van der Waals surface area contributed by atoms with Gasteiger partial charge in [-0.15, -0.1) is 11.3 Å². The highest BCUT2D eigenvalue weighted by molar-refractivity contribution is 7.85. The van der Waals surface area contributed by atoms with Gasteiger partial charge in [-0.25, -0.2) is 4.79 Å². The van der Waals surface area contributed by atoms with Crippen LogP contribution in [0.3, 0.4) is 0 Å². The van der Waals surface area contributed by atoms with E-state index in [4.69, 9.17) is 5.11 Å². The van der Waals surface area contributed by atoms with E-state index in [9.17, 15) is 9.00 Å². The van der Waals surface area contributed by atoms with Crippen LogP contribution in [-0.2, 0) is 16.6 Å². The van der Waals surface area contributed by atoms with Gasteiger partial charge in [-0.05, 0) is 18.6 Å². The average Bonchev–Trinajstić information content (AvgIpc) is 2.65. The van der Waals surface area contributed by atoms with E-state index in [-0.39, 0.29) is 5.25 Å². The summed E-state index contributed by atoms with van der Waals surface area (Å²) >= 11 is 1.20. The number of rotatable bonds is 5. The van der Waals surface area contributed by atoms with E-state index in [1.807, 2.05) is 13.8 Å². The first-order valence-electron chi connectivity index (χ1n) is 4.73. The molecular weight excluding hydrogens is 232 g/mol. The van der Waals surface area contributed by atoms with Gasteiger partial charge in [-0.3, -0.25) is 4.21 Å². The molecule has 0 spiro atoms. The molecule has 0 bridgehead atoms. The van der Waals surface area contributed by atoms with Crippen molar-refractivity contribution in [2.75, 3.05) is 0 Å². The minimum Gasteiger partial charge on any atom is -0.477 e. The van der Waals surface area contributed by atoms with Gasteiger partial charge in [0.15, 0.2) is 0 Å². The van der Waals surface area contributed by atoms with Gasteiger partial charge < -0.3 is 5.11 Å². The van der Waals surface area contributed by atoms with Gasteiger partial charge in [0.05, 0.1) is 5.75 Å². The molecule has 5 heteroatoms. The second-order valence-corrected chi connectivity index (χ2v) is 6.34. The van der Waals surface area contributed by atoms with Crippen molar-refractivity contribution in [1.82, 2.24) is 0 Å². The summed E-state index contributed by atoms with van der Waals surface area (Å²) in [5, 5.41) is 8.89. The number of hydrogen-bond donors (Lipinski definition) is 1. The zero-order chi connectivity index (χ0) is 11.4. The van der Waals surface area contributed by atoms with Crippen LogP contribution < -0.4 is 0 Å². The Morgan fingerprint density at radius 3 is 2.73 bits per heavy atom. The van der Waals surface area contributed by atoms with Crippen molar-refractivity contribution < 1.29 is 14.1 Å². The SMILES string of the molecule is CCC(C)S(=O)Cc1ccc(C(=O)O)s1. The van der Waals surface area contributed by atoms with Crippen LogP contribution in [0.25, 0.3) is 0 Å². The van der Waals surface area contributed by atoms with E-state index in [0.717, 1.165) is 11.3 Å². The Balaban J connectivity index is 2.65. The zero-order valence-corrected chi connectivity index (χ0v) is 10.4. The Bertz CT molecular complexity index is 370. The highest BCUT2D eigenvalue weighted by Gasteiger charge is 2.12. The predicted octanol–water partition coefficient (Wildman–Crippen LogP) is 2.49. The quantitative estimate of drug-likeness (QED) is 0.868. The van der Waals surface area contributed by atoms with E-state index in [0.29, 0.717) is 10.6 Å². The number of aromatic carboxylic acids is 1. The molecule has 2 atom stereocenters. The molecule has 0 aliphatic rings. The number of hydrogen-bond acceptors (Lipinski definition) is 3. The number of carboxylic acid groups (broad SMARTS) is 1. The standard InChI is InChI=1S/C10H14O3S2/c1-3-7(2)15(13)6-8-4-5-9(14-8)10(11)12/h4-5,7H,3,6H2,1-2H3,(H,11,12). The molecule has 0 fully saturated rings. The van der Waals surface area contributed by atoms with Gasteiger partial charge in [-0.1, -0.05) is 13.8 Å². The Morgan fingerprint density at radius 1 is 1.60 bits per heavy atom. The Labute approximate surface area is 95.6 Å². The lowest BCUT2D eigenvalue weighted by atomic mass is 10.4. The lowest BCUT2D eigenvalue weighted by molar-refractivity contribution is 0.0702. The molecule has 3 nitrogen and oxygen atoms in total. The first-order valence-corrected chi connectivity index (χ1v) is 6.93. The minimum atomic E-state index is -0.916. The van der Waals surface area contributed by atoms with Gasteiger partial charge in [0.25, 0.3) is 0 Å². The van der Waals surface area contributed by atoms with Crippen LogP contribution in [0.2, 0.25) is 0 Å². The fourth-order valence-electron chi connectivity index (χ4n) is 1.04. The lowest BCUT2D eigenvalue weighted by Gasteiger charge is -2.06. The Hall–Kier alpha value is -0.680. The molecule has 0 saturated heterocycles. The van der Waals surface area contributed by atoms with Gasteiger partial charge >= 0.3 is 5.97 Å². The normalized spacial score (nSPS) is 14.8. The minimum absolute atomic E-state index is 0.167. The number of carboxylic acids is 1. The third kappa shape index (κ3) is 3.43. The van der Waals surface area contributed by atoms with Crippen molar-refractivity contribution in [3.8, 4) is 0 Å². The topological polar surface area (TPSA) is 54.4 Å². The fourth-order valence-corrected chi connectivity index (χ4v) is 3.30. The monoisotopic (exact) mass is 246 g/mol. The summed E-state index contributed by atoms with van der Waals surface area (Å²) in [7, 11) is -0.898. The van der Waals surface area contributed by atoms with Gasteiger partial charge in [0.2, 0.25) is 0 Å². The molecule has 84 valence electrons. The molecule has 2 unspecified atom stereocenters. The molecule has 1 heterocycles. The lowest BCUT2D eigenvalue weighted by Crippen LogP contribution is -2.10. The van der Waals surface area contributed by atoms with E-state index >= 15 is 0 Å². The number of carbonyl (C=O) groups is 1. The van der Waals surface area contributed by atoms with Crippen molar-refractivity contribution >= 4 is 28.1 Å². The first-order chi connectivity index (χ1) is 7.04. The van der Waals surface area contributed by atoms with Crippen molar-refractivity contribution in [2.24, 2.45) is 0 Å². The highest BCUT2D eigenvalue weighted by Crippen LogP contribution is 2.19. The van der Waals surface area contributed by atoms with Gasteiger partial charge in [0.1, 0.15) is 4.88 Å².